The van der Waals surface area contributed by atoms with Gasteiger partial charge >= 0.3 is 0 Å². The fourth-order valence-electron chi connectivity index (χ4n) is 1.93. The molecule has 106 valence electrons. The van der Waals surface area contributed by atoms with E-state index in [-0.39, 0.29) is 5.82 Å². The molecule has 0 aliphatic rings. The van der Waals surface area contributed by atoms with Crippen molar-refractivity contribution in [1.82, 2.24) is 0 Å². The molecule has 2 rings (SSSR count). The Labute approximate surface area is 119 Å². The monoisotopic (exact) mass is 274 g/mol. The molecule has 20 heavy (non-hydrogen) atoms. The first-order chi connectivity index (χ1) is 9.60. The first kappa shape index (κ1) is 14.2. The van der Waals surface area contributed by atoms with Crippen molar-refractivity contribution in [1.29, 1.82) is 0 Å². The van der Waals surface area contributed by atoms with Crippen LogP contribution in [0.25, 0.3) is 0 Å². The van der Waals surface area contributed by atoms with E-state index in [1.54, 1.807) is 13.2 Å². The molecule has 1 N–H and O–H groups in total. The smallest absolute Gasteiger partial charge is 0.142 e. The molecule has 2 aromatic rings. The first-order valence-electron chi connectivity index (χ1n) is 6.44. The molecule has 0 atom stereocenters. The number of anilines is 2. The maximum atomic E-state index is 13.2. The van der Waals surface area contributed by atoms with Gasteiger partial charge in [-0.15, -0.1) is 0 Å². The van der Waals surface area contributed by atoms with Gasteiger partial charge in [-0.1, -0.05) is 12.1 Å². The molecule has 0 unspecified atom stereocenters. The predicted molar refractivity (Wildman–Crippen MR) is 81.0 cm³/mol. The Morgan fingerprint density at radius 1 is 1.10 bits per heavy atom. The minimum atomic E-state index is -0.281. The van der Waals surface area contributed by atoms with E-state index in [4.69, 9.17) is 4.74 Å². The second kappa shape index (κ2) is 6.28. The topological polar surface area (TPSA) is 24.5 Å². The van der Waals surface area contributed by atoms with Gasteiger partial charge in [0.2, 0.25) is 0 Å². The van der Waals surface area contributed by atoms with Crippen LogP contribution >= 0.6 is 0 Å². The van der Waals surface area contributed by atoms with Gasteiger partial charge < -0.3 is 15.0 Å². The number of methoxy groups -OCH3 is 1. The molecule has 0 aliphatic carbocycles. The Kier molecular flexibility index (Phi) is 4.45. The minimum absolute atomic E-state index is 0.281. The van der Waals surface area contributed by atoms with Gasteiger partial charge in [-0.05, 0) is 29.8 Å². The quantitative estimate of drug-likeness (QED) is 0.903. The van der Waals surface area contributed by atoms with E-state index in [1.165, 1.54) is 12.1 Å². The molecule has 0 aromatic heterocycles. The molecule has 0 heterocycles. The Morgan fingerprint density at radius 3 is 2.40 bits per heavy atom. The Balaban J connectivity index is 2.06. The van der Waals surface area contributed by atoms with Crippen molar-refractivity contribution in [3.63, 3.8) is 0 Å². The van der Waals surface area contributed by atoms with E-state index in [0.717, 1.165) is 11.3 Å². The van der Waals surface area contributed by atoms with E-state index in [1.807, 2.05) is 31.1 Å². The van der Waals surface area contributed by atoms with Crippen LogP contribution in [0.15, 0.2) is 42.5 Å². The third kappa shape index (κ3) is 3.41. The van der Waals surface area contributed by atoms with Crippen LogP contribution in [0.2, 0.25) is 0 Å². The van der Waals surface area contributed by atoms with E-state index >= 15 is 0 Å². The number of rotatable bonds is 5. The number of hydrogen-bond donors (Lipinski definition) is 1. The normalized spacial score (nSPS) is 10.2. The van der Waals surface area contributed by atoms with Crippen LogP contribution in [0.5, 0.6) is 5.75 Å². The van der Waals surface area contributed by atoms with Gasteiger partial charge in [0.05, 0.1) is 12.8 Å². The number of benzene rings is 2. The molecule has 0 saturated carbocycles. The number of nitrogens with one attached hydrogen (secondary N) is 1. The van der Waals surface area contributed by atoms with Crippen molar-refractivity contribution >= 4 is 11.4 Å². The second-order valence-electron chi connectivity index (χ2n) is 4.76. The van der Waals surface area contributed by atoms with Crippen LogP contribution in [-0.2, 0) is 6.54 Å². The highest BCUT2D eigenvalue weighted by atomic mass is 19.1. The number of hydrogen-bond acceptors (Lipinski definition) is 3. The summed E-state index contributed by atoms with van der Waals surface area (Å²) in [6, 6.07) is 12.7. The zero-order valence-electron chi connectivity index (χ0n) is 12.0. The largest absolute Gasteiger partial charge is 0.495 e. The Bertz CT molecular complexity index is 567. The molecule has 0 aliphatic heterocycles. The number of halogens is 1. The first-order valence-corrected chi connectivity index (χ1v) is 6.44. The van der Waals surface area contributed by atoms with Crippen LogP contribution in [0.4, 0.5) is 15.8 Å². The van der Waals surface area contributed by atoms with Crippen molar-refractivity contribution in [3.8, 4) is 5.75 Å². The lowest BCUT2D eigenvalue weighted by atomic mass is 10.2. The van der Waals surface area contributed by atoms with Gasteiger partial charge in [0.1, 0.15) is 11.6 Å². The lowest BCUT2D eigenvalue weighted by Gasteiger charge is -2.14. The summed E-state index contributed by atoms with van der Waals surface area (Å²) in [6.45, 7) is 0.619. The predicted octanol–water partition coefficient (Wildman–Crippen LogP) is 3.51. The fraction of sp³-hybridized carbons (Fsp3) is 0.250. The van der Waals surface area contributed by atoms with Crippen molar-refractivity contribution in [2.45, 2.75) is 6.54 Å². The van der Waals surface area contributed by atoms with Gasteiger partial charge in [0, 0.05) is 32.4 Å². The van der Waals surface area contributed by atoms with Crippen molar-refractivity contribution in [3.05, 3.63) is 53.8 Å². The molecule has 0 bridgehead atoms. The molecule has 0 spiro atoms. The van der Waals surface area contributed by atoms with E-state index < -0.39 is 0 Å². The van der Waals surface area contributed by atoms with Crippen LogP contribution < -0.4 is 15.0 Å². The highest BCUT2D eigenvalue weighted by Gasteiger charge is 2.04. The third-order valence-electron chi connectivity index (χ3n) is 3.10. The SMILES string of the molecule is COc1ccc(F)cc1NCc1ccc(N(C)C)cc1. The Hall–Kier alpha value is -2.23. The molecule has 3 nitrogen and oxygen atoms in total. The lowest BCUT2D eigenvalue weighted by Crippen LogP contribution is -2.08. The van der Waals surface area contributed by atoms with Crippen LogP contribution in [0.1, 0.15) is 5.56 Å². The molecular weight excluding hydrogens is 255 g/mol. The average Bonchev–Trinajstić information content (AvgIpc) is 2.45. The zero-order valence-corrected chi connectivity index (χ0v) is 12.0. The summed E-state index contributed by atoms with van der Waals surface area (Å²) in [5.74, 6) is 0.354. The average molecular weight is 274 g/mol. The minimum Gasteiger partial charge on any atom is -0.495 e. The van der Waals surface area contributed by atoms with E-state index in [0.29, 0.717) is 18.0 Å². The summed E-state index contributed by atoms with van der Waals surface area (Å²) in [4.78, 5) is 2.05. The maximum Gasteiger partial charge on any atom is 0.142 e. The third-order valence-corrected chi connectivity index (χ3v) is 3.10. The van der Waals surface area contributed by atoms with E-state index in [2.05, 4.69) is 17.4 Å². The van der Waals surface area contributed by atoms with Gasteiger partial charge in [-0.25, -0.2) is 4.39 Å². The molecule has 0 fully saturated rings. The van der Waals surface area contributed by atoms with Gasteiger partial charge in [-0.3, -0.25) is 0 Å². The van der Waals surface area contributed by atoms with Crippen LogP contribution in [0, 0.1) is 5.82 Å². The molecule has 2 aromatic carbocycles. The molecule has 0 saturated heterocycles. The summed E-state index contributed by atoms with van der Waals surface area (Å²) < 4.78 is 18.5. The van der Waals surface area contributed by atoms with Gasteiger partial charge in [0.15, 0.2) is 0 Å². The molecular formula is C16H19FN2O. The summed E-state index contributed by atoms with van der Waals surface area (Å²) in [5.41, 5.74) is 2.93. The maximum absolute atomic E-state index is 13.2. The number of ether oxygens (including phenoxy) is 1. The molecule has 0 radical (unpaired) electrons. The fourth-order valence-corrected chi connectivity index (χ4v) is 1.93. The summed E-state index contributed by atoms with van der Waals surface area (Å²) in [5, 5.41) is 3.19. The second-order valence-corrected chi connectivity index (χ2v) is 4.76. The molecule has 0 amide bonds. The van der Waals surface area contributed by atoms with Crippen molar-refractivity contribution in [2.75, 3.05) is 31.4 Å². The van der Waals surface area contributed by atoms with Gasteiger partial charge in [-0.2, -0.15) is 0 Å². The summed E-state index contributed by atoms with van der Waals surface area (Å²) in [6.07, 6.45) is 0. The zero-order chi connectivity index (χ0) is 14.5. The highest BCUT2D eigenvalue weighted by molar-refractivity contribution is 5.57. The van der Waals surface area contributed by atoms with Gasteiger partial charge in [0.25, 0.3) is 0 Å². The van der Waals surface area contributed by atoms with Crippen molar-refractivity contribution < 1.29 is 9.13 Å². The highest BCUT2D eigenvalue weighted by Crippen LogP contribution is 2.25. The standard InChI is InChI=1S/C16H19FN2O/c1-19(2)14-7-4-12(5-8-14)11-18-15-10-13(17)6-9-16(15)20-3/h4-10,18H,11H2,1-3H3. The van der Waals surface area contributed by atoms with E-state index in [9.17, 15) is 4.39 Å². The molecule has 4 heteroatoms. The number of nitrogens with zero attached hydrogens (tertiary/aromatic N) is 1. The lowest BCUT2D eigenvalue weighted by molar-refractivity contribution is 0.415. The Morgan fingerprint density at radius 2 is 1.80 bits per heavy atom. The van der Waals surface area contributed by atoms with Crippen LogP contribution in [-0.4, -0.2) is 21.2 Å². The van der Waals surface area contributed by atoms with Crippen molar-refractivity contribution in [2.24, 2.45) is 0 Å². The summed E-state index contributed by atoms with van der Waals surface area (Å²) >= 11 is 0. The summed E-state index contributed by atoms with van der Waals surface area (Å²) in [7, 11) is 5.58. The van der Waals surface area contributed by atoms with Crippen LogP contribution in [0.3, 0.4) is 0 Å².